The van der Waals surface area contributed by atoms with Gasteiger partial charge in [-0.15, -0.1) is 0 Å². The summed E-state index contributed by atoms with van der Waals surface area (Å²) in [6.45, 7) is 5.37. The van der Waals surface area contributed by atoms with Crippen molar-refractivity contribution in [1.82, 2.24) is 4.57 Å². The first-order chi connectivity index (χ1) is 19.0. The second-order valence-corrected chi connectivity index (χ2v) is 10.1. The number of ether oxygens (including phenoxy) is 2. The van der Waals surface area contributed by atoms with Gasteiger partial charge in [-0.25, -0.2) is 9.79 Å². The molecule has 39 heavy (non-hydrogen) atoms. The van der Waals surface area contributed by atoms with Gasteiger partial charge in [0.1, 0.15) is 22.1 Å². The number of aliphatic hydroxyl groups excluding tert-OH is 1. The smallest absolute Gasteiger partial charge is 0.344 e. The monoisotopic (exact) mass is 538 g/mol. The Morgan fingerprint density at radius 2 is 1.77 bits per heavy atom. The number of para-hydroxylation sites is 3. The van der Waals surface area contributed by atoms with E-state index in [0.717, 1.165) is 40.7 Å². The van der Waals surface area contributed by atoms with Crippen molar-refractivity contribution in [3.05, 3.63) is 112 Å². The third-order valence-corrected chi connectivity index (χ3v) is 7.38. The average molecular weight is 539 g/mol. The summed E-state index contributed by atoms with van der Waals surface area (Å²) in [4.78, 5) is 18.0. The number of carbonyl (C=O) groups is 1. The molecule has 2 heterocycles. The Hall–Kier alpha value is -4.23. The number of aryl methyl sites for hydroxylation is 2. The van der Waals surface area contributed by atoms with Crippen LogP contribution >= 0.6 is 11.8 Å². The molecule has 1 aromatic heterocycles. The van der Waals surface area contributed by atoms with Crippen LogP contribution in [0.1, 0.15) is 24.5 Å². The fourth-order valence-corrected chi connectivity index (χ4v) is 5.49. The molecule has 0 saturated heterocycles. The minimum atomic E-state index is -0.586. The molecule has 198 valence electrons. The van der Waals surface area contributed by atoms with Crippen molar-refractivity contribution in [3.8, 4) is 5.75 Å². The van der Waals surface area contributed by atoms with Gasteiger partial charge in [0.25, 0.3) is 0 Å². The lowest BCUT2D eigenvalue weighted by Gasteiger charge is -2.09. The van der Waals surface area contributed by atoms with Gasteiger partial charge in [0.05, 0.1) is 23.8 Å². The Kier molecular flexibility index (Phi) is 8.18. The number of aromatic nitrogens is 1. The molecule has 3 aromatic carbocycles. The van der Waals surface area contributed by atoms with Gasteiger partial charge < -0.3 is 19.1 Å². The summed E-state index contributed by atoms with van der Waals surface area (Å²) in [5.74, 6) is 0.208. The minimum absolute atomic E-state index is 0.0917. The van der Waals surface area contributed by atoms with E-state index in [1.807, 2.05) is 79.7 Å². The Labute approximate surface area is 232 Å². The molecule has 4 aromatic rings. The normalized spacial score (nSPS) is 15.4. The molecular formula is C32H30N2O4S. The molecular weight excluding hydrogens is 508 g/mol. The number of aliphatic imine (C=N–C) groups is 1. The highest BCUT2D eigenvalue weighted by Crippen LogP contribution is 2.41. The number of hydrogen-bond donors (Lipinski definition) is 1. The number of thioether (sulfide) groups is 1. The molecule has 0 spiro atoms. The molecule has 0 radical (unpaired) electrons. The predicted molar refractivity (Wildman–Crippen MR) is 159 cm³/mol. The van der Waals surface area contributed by atoms with Crippen LogP contribution in [0.2, 0.25) is 0 Å². The Bertz CT molecular complexity index is 1580. The van der Waals surface area contributed by atoms with Crippen molar-refractivity contribution in [2.24, 2.45) is 4.99 Å². The SMILES string of the molecule is CCOC(=O)C1=C(O)/C(=C/c2cn(CCCOc3ccccc3C)c3ccccc23)SC1=Nc1ccccc1. The van der Waals surface area contributed by atoms with E-state index in [9.17, 15) is 9.90 Å². The summed E-state index contributed by atoms with van der Waals surface area (Å²) in [6.07, 6.45) is 4.83. The minimum Gasteiger partial charge on any atom is -0.506 e. The molecule has 0 atom stereocenters. The van der Waals surface area contributed by atoms with Crippen LogP contribution in [0, 0.1) is 6.92 Å². The number of esters is 1. The molecule has 0 aliphatic carbocycles. The number of hydrogen-bond acceptors (Lipinski definition) is 6. The second-order valence-electron chi connectivity index (χ2n) is 9.07. The molecule has 1 aliphatic heterocycles. The maximum Gasteiger partial charge on any atom is 0.344 e. The lowest BCUT2D eigenvalue weighted by molar-refractivity contribution is -0.138. The zero-order valence-corrected chi connectivity index (χ0v) is 22.8. The fourth-order valence-electron chi connectivity index (χ4n) is 4.46. The van der Waals surface area contributed by atoms with Crippen LogP contribution in [0.5, 0.6) is 5.75 Å². The Balaban J connectivity index is 1.42. The van der Waals surface area contributed by atoms with Crippen LogP contribution in [0.4, 0.5) is 5.69 Å². The summed E-state index contributed by atoms with van der Waals surface area (Å²) in [7, 11) is 0. The number of benzene rings is 3. The van der Waals surface area contributed by atoms with E-state index in [-0.39, 0.29) is 17.9 Å². The average Bonchev–Trinajstić information content (AvgIpc) is 3.45. The van der Waals surface area contributed by atoms with E-state index in [1.54, 1.807) is 6.92 Å². The lowest BCUT2D eigenvalue weighted by Crippen LogP contribution is -2.12. The first-order valence-corrected chi connectivity index (χ1v) is 13.8. The van der Waals surface area contributed by atoms with Gasteiger partial charge >= 0.3 is 5.97 Å². The third kappa shape index (κ3) is 5.94. The number of carbonyl (C=O) groups excluding carboxylic acids is 1. The van der Waals surface area contributed by atoms with Gasteiger partial charge in [0, 0.05) is 29.2 Å². The first-order valence-electron chi connectivity index (χ1n) is 13.0. The first kappa shape index (κ1) is 26.4. The van der Waals surface area contributed by atoms with E-state index < -0.39 is 5.97 Å². The molecule has 0 saturated carbocycles. The topological polar surface area (TPSA) is 73.0 Å². The van der Waals surface area contributed by atoms with Gasteiger partial charge in [0.2, 0.25) is 0 Å². The van der Waals surface area contributed by atoms with E-state index in [4.69, 9.17) is 9.47 Å². The summed E-state index contributed by atoms with van der Waals surface area (Å²) < 4.78 is 13.4. The number of fused-ring (bicyclic) bond motifs is 1. The van der Waals surface area contributed by atoms with Crippen LogP contribution in [0.15, 0.2) is 106 Å². The van der Waals surface area contributed by atoms with Crippen molar-refractivity contribution < 1.29 is 19.4 Å². The summed E-state index contributed by atoms with van der Waals surface area (Å²) >= 11 is 1.27. The molecule has 0 fully saturated rings. The summed E-state index contributed by atoms with van der Waals surface area (Å²) in [5.41, 5.74) is 3.95. The number of rotatable bonds is 9. The van der Waals surface area contributed by atoms with E-state index in [2.05, 4.69) is 27.9 Å². The largest absolute Gasteiger partial charge is 0.506 e. The van der Waals surface area contributed by atoms with Gasteiger partial charge in [0.15, 0.2) is 0 Å². The summed E-state index contributed by atoms with van der Waals surface area (Å²) in [5, 5.41) is 12.6. The Morgan fingerprint density at radius 1 is 1.03 bits per heavy atom. The number of aliphatic hydroxyl groups is 1. The maximum atomic E-state index is 12.8. The van der Waals surface area contributed by atoms with Crippen LogP contribution in [-0.2, 0) is 16.1 Å². The van der Waals surface area contributed by atoms with E-state index in [1.165, 1.54) is 11.8 Å². The fraction of sp³-hybridized carbons (Fsp3) is 0.188. The van der Waals surface area contributed by atoms with Crippen LogP contribution in [-0.4, -0.2) is 33.9 Å². The lowest BCUT2D eigenvalue weighted by atomic mass is 10.1. The molecule has 7 heteroatoms. The molecule has 5 rings (SSSR count). The van der Waals surface area contributed by atoms with Crippen molar-refractivity contribution >= 4 is 45.4 Å². The number of nitrogens with zero attached hydrogens (tertiary/aromatic N) is 2. The van der Waals surface area contributed by atoms with Crippen molar-refractivity contribution in [3.63, 3.8) is 0 Å². The van der Waals surface area contributed by atoms with Crippen LogP contribution in [0.3, 0.4) is 0 Å². The standard InChI is InChI=1S/C32H30N2O4S/c1-3-37-32(36)29-30(35)28(39-31(29)33-24-13-5-4-6-14-24)20-23-21-34(26-16-9-8-15-25(23)26)18-11-19-38-27-17-10-7-12-22(27)2/h4-10,12-17,20-21,35H,3,11,18-19H2,1-2H3/b28-20-,33-31?. The van der Waals surface area contributed by atoms with Crippen LogP contribution < -0.4 is 4.74 Å². The predicted octanol–water partition coefficient (Wildman–Crippen LogP) is 7.61. The summed E-state index contributed by atoms with van der Waals surface area (Å²) in [6, 6.07) is 25.6. The molecule has 0 unspecified atom stereocenters. The Morgan fingerprint density at radius 3 is 2.56 bits per heavy atom. The van der Waals surface area contributed by atoms with E-state index >= 15 is 0 Å². The third-order valence-electron chi connectivity index (χ3n) is 6.36. The van der Waals surface area contributed by atoms with Gasteiger partial charge in [-0.3, -0.25) is 0 Å². The maximum absolute atomic E-state index is 12.8. The molecule has 6 nitrogen and oxygen atoms in total. The highest BCUT2D eigenvalue weighted by molar-refractivity contribution is 8.18. The zero-order chi connectivity index (χ0) is 27.2. The highest BCUT2D eigenvalue weighted by atomic mass is 32.2. The second kappa shape index (κ2) is 12.1. The van der Waals surface area contributed by atoms with Gasteiger partial charge in [-0.1, -0.05) is 66.4 Å². The molecule has 0 bridgehead atoms. The van der Waals surface area contributed by atoms with Gasteiger partial charge in [-0.2, -0.15) is 0 Å². The van der Waals surface area contributed by atoms with Gasteiger partial charge in [-0.05, 0) is 56.2 Å². The van der Waals surface area contributed by atoms with E-state index in [0.29, 0.717) is 22.2 Å². The molecule has 1 N–H and O–H groups in total. The highest BCUT2D eigenvalue weighted by Gasteiger charge is 2.33. The van der Waals surface area contributed by atoms with Crippen molar-refractivity contribution in [2.75, 3.05) is 13.2 Å². The van der Waals surface area contributed by atoms with Crippen molar-refractivity contribution in [1.29, 1.82) is 0 Å². The zero-order valence-electron chi connectivity index (χ0n) is 22.0. The van der Waals surface area contributed by atoms with Crippen LogP contribution in [0.25, 0.3) is 17.0 Å². The quantitative estimate of drug-likeness (QED) is 0.175. The molecule has 0 amide bonds. The van der Waals surface area contributed by atoms with Crippen molar-refractivity contribution in [2.45, 2.75) is 26.8 Å². The molecule has 1 aliphatic rings.